The van der Waals surface area contributed by atoms with Crippen LogP contribution in [0.4, 0.5) is 0 Å². The van der Waals surface area contributed by atoms with E-state index in [2.05, 4.69) is 10.3 Å². The number of benzene rings is 1. The van der Waals surface area contributed by atoms with Crippen molar-refractivity contribution >= 4 is 17.7 Å². The highest BCUT2D eigenvalue weighted by Gasteiger charge is 2.27. The first-order valence-corrected chi connectivity index (χ1v) is 8.63. The van der Waals surface area contributed by atoms with Crippen LogP contribution in [0.3, 0.4) is 0 Å². The molecule has 2 aromatic rings. The van der Waals surface area contributed by atoms with E-state index >= 15 is 0 Å². The Hall–Kier alpha value is -2.25. The summed E-state index contributed by atoms with van der Waals surface area (Å²) in [5, 5.41) is 14.1. The van der Waals surface area contributed by atoms with Crippen molar-refractivity contribution in [3.05, 3.63) is 47.7 Å². The fourth-order valence-corrected chi connectivity index (χ4v) is 2.95. The molecule has 6 nitrogen and oxygen atoms in total. The predicted molar refractivity (Wildman–Crippen MR) is 90.5 cm³/mol. The molecule has 0 spiro atoms. The number of nitrogens with zero attached hydrogens (tertiary/aromatic N) is 1. The normalized spacial score (nSPS) is 15.0. The molecule has 3 rings (SSSR count). The van der Waals surface area contributed by atoms with Crippen LogP contribution in [0, 0.1) is 0 Å². The minimum absolute atomic E-state index is 0.0637. The molecular weight excluding hydrogens is 328 g/mol. The number of pyridine rings is 1. The van der Waals surface area contributed by atoms with Crippen LogP contribution in [0.25, 0.3) is 0 Å². The van der Waals surface area contributed by atoms with Gasteiger partial charge in [-0.15, -0.1) is 11.8 Å². The average Bonchev–Trinajstić information content (AvgIpc) is 3.07. The van der Waals surface area contributed by atoms with Crippen molar-refractivity contribution in [3.63, 3.8) is 0 Å². The highest BCUT2D eigenvalue weighted by molar-refractivity contribution is 7.98. The lowest BCUT2D eigenvalue weighted by Crippen LogP contribution is -2.38. The molecular formula is C17H18N2O4S. The predicted octanol–water partition coefficient (Wildman–Crippen LogP) is 2.17. The summed E-state index contributed by atoms with van der Waals surface area (Å²) in [6, 6.07) is 8.66. The maximum absolute atomic E-state index is 12.4. The van der Waals surface area contributed by atoms with Gasteiger partial charge in [-0.2, -0.15) is 0 Å². The van der Waals surface area contributed by atoms with E-state index < -0.39 is 5.60 Å². The standard InChI is InChI=1S/C17H18N2O4S/c1-17(21,11-5-6-13-14(8-11)23-10-22-13)9-19-15(20)12-4-3-7-18-16(12)24-2/h3-8,21H,9-10H2,1-2H3,(H,19,20)/t17-/m1/s1. The van der Waals surface area contributed by atoms with Crippen molar-refractivity contribution < 1.29 is 19.4 Å². The molecule has 1 aromatic carbocycles. The van der Waals surface area contributed by atoms with Crippen molar-refractivity contribution in [1.82, 2.24) is 10.3 Å². The first kappa shape index (κ1) is 16.6. The van der Waals surface area contributed by atoms with E-state index in [0.717, 1.165) is 0 Å². The highest BCUT2D eigenvalue weighted by Crippen LogP contribution is 2.35. The summed E-state index contributed by atoms with van der Waals surface area (Å²) >= 11 is 1.40. The Bertz CT molecular complexity index is 764. The SMILES string of the molecule is CSc1ncccc1C(=O)NC[C@@](C)(O)c1ccc2c(c1)OCO2. The minimum Gasteiger partial charge on any atom is -0.454 e. The topological polar surface area (TPSA) is 80.7 Å². The largest absolute Gasteiger partial charge is 0.454 e. The molecule has 0 saturated carbocycles. The van der Waals surface area contributed by atoms with E-state index in [1.54, 1.807) is 43.5 Å². The monoisotopic (exact) mass is 346 g/mol. The molecule has 126 valence electrons. The van der Waals surface area contributed by atoms with Crippen molar-refractivity contribution in [2.24, 2.45) is 0 Å². The summed E-state index contributed by atoms with van der Waals surface area (Å²) < 4.78 is 10.6. The zero-order valence-electron chi connectivity index (χ0n) is 13.4. The van der Waals surface area contributed by atoms with Crippen molar-refractivity contribution in [3.8, 4) is 11.5 Å². The van der Waals surface area contributed by atoms with E-state index in [0.29, 0.717) is 27.7 Å². The number of carbonyl (C=O) groups is 1. The maximum Gasteiger partial charge on any atom is 0.254 e. The first-order chi connectivity index (χ1) is 11.5. The average molecular weight is 346 g/mol. The van der Waals surface area contributed by atoms with Gasteiger partial charge in [-0.3, -0.25) is 4.79 Å². The summed E-state index contributed by atoms with van der Waals surface area (Å²) in [4.78, 5) is 16.5. The first-order valence-electron chi connectivity index (χ1n) is 7.41. The zero-order chi connectivity index (χ0) is 17.2. The van der Waals surface area contributed by atoms with Gasteiger partial charge in [0, 0.05) is 6.20 Å². The number of aliphatic hydroxyl groups is 1. The number of nitrogens with one attached hydrogen (secondary N) is 1. The molecule has 1 aromatic heterocycles. The quantitative estimate of drug-likeness (QED) is 0.808. The van der Waals surface area contributed by atoms with E-state index in [-0.39, 0.29) is 19.2 Å². The van der Waals surface area contributed by atoms with Crippen LogP contribution in [-0.2, 0) is 5.60 Å². The van der Waals surface area contributed by atoms with Crippen LogP contribution in [0.1, 0.15) is 22.8 Å². The van der Waals surface area contributed by atoms with E-state index in [1.165, 1.54) is 11.8 Å². The summed E-state index contributed by atoms with van der Waals surface area (Å²) in [5.41, 5.74) is -0.104. The molecule has 7 heteroatoms. The lowest BCUT2D eigenvalue weighted by atomic mass is 9.95. The number of carbonyl (C=O) groups excluding carboxylic acids is 1. The number of fused-ring (bicyclic) bond motifs is 1. The van der Waals surface area contributed by atoms with Gasteiger partial charge in [0.1, 0.15) is 10.6 Å². The van der Waals surface area contributed by atoms with Crippen molar-refractivity contribution in [1.29, 1.82) is 0 Å². The van der Waals surface area contributed by atoms with Crippen LogP contribution < -0.4 is 14.8 Å². The molecule has 2 N–H and O–H groups in total. The van der Waals surface area contributed by atoms with Gasteiger partial charge in [-0.25, -0.2) is 4.98 Å². The van der Waals surface area contributed by atoms with E-state index in [9.17, 15) is 9.90 Å². The Labute approximate surface area is 144 Å². The minimum atomic E-state index is -1.24. The second-order valence-corrected chi connectivity index (χ2v) is 6.38. The van der Waals surface area contributed by atoms with Crippen LogP contribution in [0.5, 0.6) is 11.5 Å². The molecule has 0 unspecified atom stereocenters. The molecule has 2 heterocycles. The number of ether oxygens (including phenoxy) is 2. The Morgan fingerprint density at radius 2 is 2.17 bits per heavy atom. The smallest absolute Gasteiger partial charge is 0.254 e. The van der Waals surface area contributed by atoms with Crippen LogP contribution in [-0.4, -0.2) is 35.6 Å². The number of hydrogen-bond acceptors (Lipinski definition) is 6. The Morgan fingerprint density at radius 1 is 1.38 bits per heavy atom. The molecule has 24 heavy (non-hydrogen) atoms. The zero-order valence-corrected chi connectivity index (χ0v) is 14.2. The lowest BCUT2D eigenvalue weighted by Gasteiger charge is -2.24. The number of hydrogen-bond donors (Lipinski definition) is 2. The summed E-state index contributed by atoms with van der Waals surface area (Å²) in [5.74, 6) is 0.975. The molecule has 1 amide bonds. The number of rotatable bonds is 5. The Balaban J connectivity index is 1.72. The second kappa shape index (κ2) is 6.70. The molecule has 0 aliphatic carbocycles. The van der Waals surface area contributed by atoms with Gasteiger partial charge < -0.3 is 19.9 Å². The van der Waals surface area contributed by atoms with Gasteiger partial charge in [0.2, 0.25) is 6.79 Å². The van der Waals surface area contributed by atoms with Gasteiger partial charge in [0.05, 0.1) is 12.1 Å². The van der Waals surface area contributed by atoms with Crippen LogP contribution >= 0.6 is 11.8 Å². The number of amides is 1. The fraction of sp³-hybridized carbons (Fsp3) is 0.294. The molecule has 1 aliphatic heterocycles. The number of aromatic nitrogens is 1. The van der Waals surface area contributed by atoms with Gasteiger partial charge in [0.25, 0.3) is 5.91 Å². The van der Waals surface area contributed by atoms with Crippen LogP contribution in [0.2, 0.25) is 0 Å². The van der Waals surface area contributed by atoms with Gasteiger partial charge in [-0.1, -0.05) is 6.07 Å². The Kier molecular flexibility index (Phi) is 4.64. The summed E-state index contributed by atoms with van der Waals surface area (Å²) in [6.07, 6.45) is 3.51. The second-order valence-electron chi connectivity index (χ2n) is 5.58. The lowest BCUT2D eigenvalue weighted by molar-refractivity contribution is 0.0523. The molecule has 1 aliphatic rings. The third-order valence-corrected chi connectivity index (χ3v) is 4.51. The van der Waals surface area contributed by atoms with E-state index in [1.807, 2.05) is 6.26 Å². The molecule has 0 radical (unpaired) electrons. The molecule has 0 saturated heterocycles. The fourth-order valence-electron chi connectivity index (χ4n) is 2.41. The molecule has 1 atom stereocenters. The van der Waals surface area contributed by atoms with Crippen molar-refractivity contribution in [2.45, 2.75) is 17.6 Å². The van der Waals surface area contributed by atoms with E-state index in [4.69, 9.17) is 9.47 Å². The third kappa shape index (κ3) is 3.32. The van der Waals surface area contributed by atoms with Crippen LogP contribution in [0.15, 0.2) is 41.6 Å². The summed E-state index contributed by atoms with van der Waals surface area (Å²) in [6.45, 7) is 1.88. The van der Waals surface area contributed by atoms with Crippen molar-refractivity contribution in [2.75, 3.05) is 19.6 Å². The molecule has 0 bridgehead atoms. The van der Waals surface area contributed by atoms with Gasteiger partial charge in [0.15, 0.2) is 11.5 Å². The molecule has 0 fully saturated rings. The van der Waals surface area contributed by atoms with Gasteiger partial charge >= 0.3 is 0 Å². The highest BCUT2D eigenvalue weighted by atomic mass is 32.2. The Morgan fingerprint density at radius 3 is 2.96 bits per heavy atom. The maximum atomic E-state index is 12.4. The van der Waals surface area contributed by atoms with Gasteiger partial charge in [-0.05, 0) is 43.0 Å². The number of thioether (sulfide) groups is 1. The third-order valence-electron chi connectivity index (χ3n) is 3.80. The summed E-state index contributed by atoms with van der Waals surface area (Å²) in [7, 11) is 0.